The molecule has 1 aliphatic heterocycles. The van der Waals surface area contributed by atoms with Gasteiger partial charge in [-0.25, -0.2) is 0 Å². The number of rotatable bonds is 3. The molecule has 1 unspecified atom stereocenters. The van der Waals surface area contributed by atoms with Gasteiger partial charge in [0.1, 0.15) is 5.75 Å². The highest BCUT2D eigenvalue weighted by Crippen LogP contribution is 2.34. The number of hydrogen-bond donors (Lipinski definition) is 1. The van der Waals surface area contributed by atoms with Crippen LogP contribution in [0.5, 0.6) is 5.75 Å². The first kappa shape index (κ1) is 13.4. The fraction of sp³-hybridized carbons (Fsp3) is 0.250. The van der Waals surface area contributed by atoms with Gasteiger partial charge >= 0.3 is 0 Å². The van der Waals surface area contributed by atoms with Crippen LogP contribution in [0, 0.1) is 17.0 Å². The molecule has 1 N–H and O–H groups in total. The monoisotopic (exact) mass is 284 g/mol. The van der Waals surface area contributed by atoms with Crippen molar-refractivity contribution in [2.24, 2.45) is 0 Å². The zero-order valence-electron chi connectivity index (χ0n) is 11.7. The third-order valence-corrected chi connectivity index (χ3v) is 3.57. The van der Waals surface area contributed by atoms with Crippen LogP contribution < -0.4 is 10.1 Å². The smallest absolute Gasteiger partial charge is 0.271 e. The Bertz CT molecular complexity index is 685. The zero-order valence-corrected chi connectivity index (χ0v) is 11.7. The molecule has 0 bridgehead atoms. The molecule has 0 radical (unpaired) electrons. The lowest BCUT2D eigenvalue weighted by Crippen LogP contribution is -2.20. The van der Waals surface area contributed by atoms with E-state index in [9.17, 15) is 10.1 Å². The second-order valence-corrected chi connectivity index (χ2v) is 5.19. The van der Waals surface area contributed by atoms with Gasteiger partial charge in [0.2, 0.25) is 0 Å². The van der Waals surface area contributed by atoms with E-state index in [4.69, 9.17) is 4.74 Å². The van der Waals surface area contributed by atoms with Gasteiger partial charge in [0.25, 0.3) is 5.69 Å². The Morgan fingerprint density at radius 1 is 1.29 bits per heavy atom. The number of nitrogens with zero attached hydrogens (tertiary/aromatic N) is 1. The third kappa shape index (κ3) is 2.81. The number of nitro benzene ring substituents is 1. The Hall–Kier alpha value is -2.56. The van der Waals surface area contributed by atoms with E-state index in [1.165, 1.54) is 0 Å². The number of benzene rings is 2. The van der Waals surface area contributed by atoms with Gasteiger partial charge in [-0.15, -0.1) is 0 Å². The molecule has 0 saturated heterocycles. The Balaban J connectivity index is 1.90. The van der Waals surface area contributed by atoms with Crippen molar-refractivity contribution in [3.63, 3.8) is 0 Å². The second kappa shape index (κ2) is 5.44. The van der Waals surface area contributed by atoms with Gasteiger partial charge in [-0.05, 0) is 24.6 Å². The average molecular weight is 284 g/mol. The van der Waals surface area contributed by atoms with Crippen LogP contribution in [0.2, 0.25) is 0 Å². The molecule has 0 saturated carbocycles. The second-order valence-electron chi connectivity index (χ2n) is 5.19. The number of ether oxygens (including phenoxy) is 1. The molecule has 0 amide bonds. The first-order chi connectivity index (χ1) is 10.1. The molecule has 1 heterocycles. The van der Waals surface area contributed by atoms with Crippen molar-refractivity contribution >= 4 is 11.4 Å². The number of anilines is 1. The van der Waals surface area contributed by atoms with Crippen molar-refractivity contribution in [1.29, 1.82) is 0 Å². The molecule has 5 nitrogen and oxygen atoms in total. The molecule has 1 atom stereocenters. The predicted octanol–water partition coefficient (Wildman–Crippen LogP) is 3.84. The number of aryl methyl sites for hydroxylation is 1. The van der Waals surface area contributed by atoms with Crippen LogP contribution in [0.3, 0.4) is 0 Å². The van der Waals surface area contributed by atoms with Crippen LogP contribution >= 0.6 is 0 Å². The van der Waals surface area contributed by atoms with Gasteiger partial charge in [-0.2, -0.15) is 0 Å². The van der Waals surface area contributed by atoms with Gasteiger partial charge in [0.05, 0.1) is 17.6 Å². The highest BCUT2D eigenvalue weighted by molar-refractivity contribution is 5.56. The topological polar surface area (TPSA) is 64.4 Å². The fourth-order valence-corrected chi connectivity index (χ4v) is 2.64. The lowest BCUT2D eigenvalue weighted by molar-refractivity contribution is -0.384. The van der Waals surface area contributed by atoms with Crippen LogP contribution in [-0.4, -0.2) is 11.5 Å². The highest BCUT2D eigenvalue weighted by atomic mass is 16.6. The van der Waals surface area contributed by atoms with Crippen LogP contribution in [0.1, 0.15) is 23.6 Å². The number of nitrogens with one attached hydrogen (secondary N) is 1. The summed E-state index contributed by atoms with van der Waals surface area (Å²) in [5.74, 6) is 0.878. The summed E-state index contributed by atoms with van der Waals surface area (Å²) in [6.07, 6.45) is 0.832. The summed E-state index contributed by atoms with van der Waals surface area (Å²) in [4.78, 5) is 10.6. The van der Waals surface area contributed by atoms with Crippen molar-refractivity contribution in [1.82, 2.24) is 0 Å². The largest absolute Gasteiger partial charge is 0.493 e. The minimum absolute atomic E-state index is 0.108. The van der Waals surface area contributed by atoms with Gasteiger partial charge < -0.3 is 10.1 Å². The maximum absolute atomic E-state index is 11.0. The number of non-ortho nitro benzene ring substituents is 1. The van der Waals surface area contributed by atoms with Crippen molar-refractivity contribution in [3.05, 3.63) is 63.7 Å². The maximum atomic E-state index is 11.0. The maximum Gasteiger partial charge on any atom is 0.271 e. The lowest BCUT2D eigenvalue weighted by Gasteiger charge is -2.27. The molecule has 3 rings (SSSR count). The molecule has 0 aliphatic carbocycles. The minimum Gasteiger partial charge on any atom is -0.493 e. The molecular weight excluding hydrogens is 268 g/mol. The normalized spacial score (nSPS) is 16.7. The molecule has 5 heteroatoms. The predicted molar refractivity (Wildman–Crippen MR) is 80.8 cm³/mol. The van der Waals surface area contributed by atoms with Crippen molar-refractivity contribution in [2.75, 3.05) is 11.9 Å². The quantitative estimate of drug-likeness (QED) is 0.687. The Kier molecular flexibility index (Phi) is 3.48. The summed E-state index contributed by atoms with van der Waals surface area (Å²) in [6.45, 7) is 2.50. The molecule has 0 fully saturated rings. The minimum atomic E-state index is -0.365. The molecule has 0 spiro atoms. The van der Waals surface area contributed by atoms with Crippen LogP contribution in [-0.2, 0) is 0 Å². The van der Waals surface area contributed by atoms with Gasteiger partial charge in [0.15, 0.2) is 0 Å². The van der Waals surface area contributed by atoms with E-state index < -0.39 is 0 Å². The van der Waals surface area contributed by atoms with Crippen LogP contribution in [0.15, 0.2) is 42.5 Å². The first-order valence-electron chi connectivity index (χ1n) is 6.88. The number of para-hydroxylation sites is 1. The average Bonchev–Trinajstić information content (AvgIpc) is 2.47. The summed E-state index contributed by atoms with van der Waals surface area (Å²) >= 11 is 0. The standard InChI is InChI=1S/C16H16N2O3/c1-11-8-12(10-13(9-11)18(19)20)17-15-6-7-21-16-5-3-2-4-14(15)16/h2-5,8-10,15,17H,6-7H2,1H3. The fourth-order valence-electron chi connectivity index (χ4n) is 2.64. The molecule has 0 aromatic heterocycles. The Morgan fingerprint density at radius 2 is 2.10 bits per heavy atom. The molecule has 2 aromatic rings. The first-order valence-corrected chi connectivity index (χ1v) is 6.88. The van der Waals surface area contributed by atoms with E-state index in [1.54, 1.807) is 12.1 Å². The van der Waals surface area contributed by atoms with E-state index in [0.717, 1.165) is 29.0 Å². The molecular formula is C16H16N2O3. The molecule has 2 aromatic carbocycles. The Morgan fingerprint density at radius 3 is 2.90 bits per heavy atom. The van der Waals surface area contributed by atoms with E-state index in [1.807, 2.05) is 37.3 Å². The van der Waals surface area contributed by atoms with E-state index in [0.29, 0.717) is 6.61 Å². The van der Waals surface area contributed by atoms with E-state index in [-0.39, 0.29) is 16.7 Å². The van der Waals surface area contributed by atoms with Gasteiger partial charge in [-0.1, -0.05) is 18.2 Å². The van der Waals surface area contributed by atoms with E-state index >= 15 is 0 Å². The number of fused-ring (bicyclic) bond motifs is 1. The Labute approximate surface area is 122 Å². The molecule has 21 heavy (non-hydrogen) atoms. The van der Waals surface area contributed by atoms with Crippen molar-refractivity contribution in [3.8, 4) is 5.75 Å². The summed E-state index contributed by atoms with van der Waals surface area (Å²) in [5, 5.41) is 14.3. The SMILES string of the molecule is Cc1cc(NC2CCOc3ccccc32)cc([N+](=O)[O-])c1. The molecule has 108 valence electrons. The summed E-state index contributed by atoms with van der Waals surface area (Å²) < 4.78 is 5.63. The van der Waals surface area contributed by atoms with Gasteiger partial charge in [-0.3, -0.25) is 10.1 Å². The highest BCUT2D eigenvalue weighted by Gasteiger charge is 2.21. The number of nitro groups is 1. The van der Waals surface area contributed by atoms with Crippen molar-refractivity contribution < 1.29 is 9.66 Å². The zero-order chi connectivity index (χ0) is 14.8. The lowest BCUT2D eigenvalue weighted by atomic mass is 10.00. The number of hydrogen-bond acceptors (Lipinski definition) is 4. The van der Waals surface area contributed by atoms with Crippen LogP contribution in [0.25, 0.3) is 0 Å². The third-order valence-electron chi connectivity index (χ3n) is 3.57. The summed E-state index contributed by atoms with van der Waals surface area (Å²) in [7, 11) is 0. The van der Waals surface area contributed by atoms with Crippen molar-refractivity contribution in [2.45, 2.75) is 19.4 Å². The van der Waals surface area contributed by atoms with E-state index in [2.05, 4.69) is 5.32 Å². The molecule has 1 aliphatic rings. The summed E-state index contributed by atoms with van der Waals surface area (Å²) in [6, 6.07) is 13.1. The van der Waals surface area contributed by atoms with Crippen LogP contribution in [0.4, 0.5) is 11.4 Å². The van der Waals surface area contributed by atoms with Gasteiger partial charge in [0, 0.05) is 29.8 Å². The summed E-state index contributed by atoms with van der Waals surface area (Å²) in [5.41, 5.74) is 2.83.